The number of halogens is 4. The van der Waals surface area contributed by atoms with Crippen LogP contribution in [0.25, 0.3) is 11.0 Å². The number of anilines is 1. The van der Waals surface area contributed by atoms with Crippen molar-refractivity contribution >= 4 is 28.6 Å². The topological polar surface area (TPSA) is 82.7 Å². The summed E-state index contributed by atoms with van der Waals surface area (Å²) in [5.41, 5.74) is 3.15. The van der Waals surface area contributed by atoms with Gasteiger partial charge in [-0.2, -0.15) is 18.3 Å². The zero-order valence-electron chi connectivity index (χ0n) is 20.5. The van der Waals surface area contributed by atoms with Crippen LogP contribution in [0.4, 0.5) is 19.1 Å². The van der Waals surface area contributed by atoms with Crippen LogP contribution >= 0.6 is 11.6 Å². The van der Waals surface area contributed by atoms with E-state index >= 15 is 0 Å². The maximum Gasteiger partial charge on any atom is 0.433 e. The smallest absolute Gasteiger partial charge is 0.433 e. The quantitative estimate of drug-likeness (QED) is 0.250. The molecular weight excluding hydrogens is 519 g/mol. The Morgan fingerprint density at radius 3 is 2.42 bits per heavy atom. The molecule has 5 aromatic rings. The largest absolute Gasteiger partial charge is 0.438 e. The minimum Gasteiger partial charge on any atom is -0.438 e. The summed E-state index contributed by atoms with van der Waals surface area (Å²) in [6, 6.07) is 14.3. The first-order valence-electron chi connectivity index (χ1n) is 11.8. The van der Waals surface area contributed by atoms with E-state index in [0.29, 0.717) is 41.5 Å². The van der Waals surface area contributed by atoms with Gasteiger partial charge in [-0.25, -0.2) is 15.0 Å². The summed E-state index contributed by atoms with van der Waals surface area (Å²) in [4.78, 5) is 12.7. The molecule has 0 atom stereocenters. The highest BCUT2D eigenvalue weighted by atomic mass is 35.5. The van der Waals surface area contributed by atoms with Gasteiger partial charge in [0.1, 0.15) is 16.6 Å². The average Bonchev–Trinajstić information content (AvgIpc) is 3.44. The number of fused-ring (bicyclic) bond motifs is 1. The van der Waals surface area contributed by atoms with Crippen molar-refractivity contribution < 1.29 is 17.9 Å². The molecule has 0 saturated carbocycles. The SMILES string of the molecule is CCn1c(NCc2ccc(Oc3cnc(Cl)cn3)cc2)nc2ccc(Cc3cc(C(F)(F)F)n(C)n3)cc21. The Balaban J connectivity index is 1.28. The second-order valence-corrected chi connectivity index (χ2v) is 8.99. The molecule has 3 heterocycles. The Labute approximate surface area is 221 Å². The predicted octanol–water partition coefficient (Wildman–Crippen LogP) is 6.25. The molecule has 0 unspecified atom stereocenters. The highest BCUT2D eigenvalue weighted by Gasteiger charge is 2.34. The molecule has 8 nitrogen and oxygen atoms in total. The second kappa shape index (κ2) is 10.3. The Hall–Kier alpha value is -4.12. The number of rotatable bonds is 8. The van der Waals surface area contributed by atoms with E-state index in [4.69, 9.17) is 21.3 Å². The first kappa shape index (κ1) is 25.5. The lowest BCUT2D eigenvalue weighted by Gasteiger charge is -2.10. The van der Waals surface area contributed by atoms with E-state index in [1.165, 1.54) is 19.4 Å². The van der Waals surface area contributed by atoms with Crippen molar-refractivity contribution in [3.63, 3.8) is 0 Å². The fourth-order valence-electron chi connectivity index (χ4n) is 4.15. The number of benzene rings is 2. The monoisotopic (exact) mass is 541 g/mol. The summed E-state index contributed by atoms with van der Waals surface area (Å²) < 4.78 is 48.0. The van der Waals surface area contributed by atoms with Crippen LogP contribution in [0.15, 0.2) is 60.9 Å². The molecule has 0 amide bonds. The molecule has 38 heavy (non-hydrogen) atoms. The number of alkyl halides is 3. The van der Waals surface area contributed by atoms with Gasteiger partial charge in [0.15, 0.2) is 0 Å². The van der Waals surface area contributed by atoms with Crippen LogP contribution in [0.1, 0.15) is 29.4 Å². The second-order valence-electron chi connectivity index (χ2n) is 8.60. The first-order chi connectivity index (χ1) is 18.2. The van der Waals surface area contributed by atoms with Gasteiger partial charge in [-0.1, -0.05) is 29.8 Å². The van der Waals surface area contributed by atoms with Crippen molar-refractivity contribution in [2.45, 2.75) is 32.6 Å². The molecule has 0 radical (unpaired) electrons. The molecule has 0 aliphatic heterocycles. The van der Waals surface area contributed by atoms with Crippen LogP contribution in [0.3, 0.4) is 0 Å². The van der Waals surface area contributed by atoms with Gasteiger partial charge in [-0.15, -0.1) is 0 Å². The van der Waals surface area contributed by atoms with E-state index in [1.54, 1.807) is 0 Å². The first-order valence-corrected chi connectivity index (χ1v) is 12.1. The number of imidazole rings is 1. The molecule has 3 aromatic heterocycles. The maximum atomic E-state index is 13.1. The normalized spacial score (nSPS) is 11.7. The van der Waals surface area contributed by atoms with Crippen molar-refractivity contribution in [1.29, 1.82) is 0 Å². The molecule has 1 N–H and O–H groups in total. The van der Waals surface area contributed by atoms with Crippen LogP contribution in [0.2, 0.25) is 5.15 Å². The Kier molecular flexibility index (Phi) is 6.94. The molecule has 196 valence electrons. The Morgan fingerprint density at radius 2 is 1.76 bits per heavy atom. The van der Waals surface area contributed by atoms with Crippen LogP contribution in [-0.2, 0) is 32.7 Å². The average molecular weight is 542 g/mol. The molecule has 2 aromatic carbocycles. The Morgan fingerprint density at radius 1 is 1.00 bits per heavy atom. The lowest BCUT2D eigenvalue weighted by atomic mass is 10.1. The van der Waals surface area contributed by atoms with Crippen LogP contribution in [-0.4, -0.2) is 29.3 Å². The number of nitrogens with one attached hydrogen (secondary N) is 1. The number of nitrogens with zero attached hydrogens (tertiary/aromatic N) is 6. The lowest BCUT2D eigenvalue weighted by molar-refractivity contribution is -0.143. The lowest BCUT2D eigenvalue weighted by Crippen LogP contribution is -2.11. The van der Waals surface area contributed by atoms with Gasteiger partial charge >= 0.3 is 6.18 Å². The van der Waals surface area contributed by atoms with Gasteiger partial charge in [-0.3, -0.25) is 4.68 Å². The molecule has 5 rings (SSSR count). The van der Waals surface area contributed by atoms with Crippen molar-refractivity contribution in [3.05, 3.63) is 88.6 Å². The Bertz CT molecular complexity index is 1560. The van der Waals surface area contributed by atoms with Gasteiger partial charge in [0.05, 0.1) is 29.1 Å². The van der Waals surface area contributed by atoms with Crippen molar-refractivity contribution in [2.24, 2.45) is 7.05 Å². The van der Waals surface area contributed by atoms with E-state index in [9.17, 15) is 13.2 Å². The molecule has 0 saturated heterocycles. The number of aromatic nitrogens is 6. The summed E-state index contributed by atoms with van der Waals surface area (Å²) in [6.45, 7) is 3.21. The van der Waals surface area contributed by atoms with E-state index in [-0.39, 0.29) is 6.42 Å². The van der Waals surface area contributed by atoms with E-state index < -0.39 is 11.9 Å². The van der Waals surface area contributed by atoms with E-state index in [0.717, 1.165) is 32.9 Å². The van der Waals surface area contributed by atoms with Gasteiger partial charge in [-0.05, 0) is 48.4 Å². The molecule has 0 fully saturated rings. The maximum absolute atomic E-state index is 13.1. The summed E-state index contributed by atoms with van der Waals surface area (Å²) in [5, 5.41) is 7.70. The van der Waals surface area contributed by atoms with E-state index in [1.807, 2.05) is 54.0 Å². The van der Waals surface area contributed by atoms with Crippen molar-refractivity contribution in [2.75, 3.05) is 5.32 Å². The molecule has 0 bridgehead atoms. The minimum atomic E-state index is -4.44. The third-order valence-corrected chi connectivity index (χ3v) is 6.12. The number of aryl methyl sites for hydroxylation is 2. The number of ether oxygens (including phenoxy) is 1. The molecule has 0 spiro atoms. The zero-order valence-corrected chi connectivity index (χ0v) is 21.3. The van der Waals surface area contributed by atoms with Crippen LogP contribution in [0, 0.1) is 0 Å². The highest BCUT2D eigenvalue weighted by molar-refractivity contribution is 6.29. The fourth-order valence-corrected chi connectivity index (χ4v) is 4.25. The highest BCUT2D eigenvalue weighted by Crippen LogP contribution is 2.30. The van der Waals surface area contributed by atoms with Crippen LogP contribution < -0.4 is 10.1 Å². The zero-order chi connectivity index (χ0) is 26.9. The number of hydrogen-bond acceptors (Lipinski definition) is 6. The van der Waals surface area contributed by atoms with Gasteiger partial charge in [0.25, 0.3) is 0 Å². The summed E-state index contributed by atoms with van der Waals surface area (Å²) in [6.07, 6.45) is -1.29. The summed E-state index contributed by atoms with van der Waals surface area (Å²) in [5.74, 6) is 1.67. The molecule has 0 aliphatic rings. The predicted molar refractivity (Wildman–Crippen MR) is 137 cm³/mol. The van der Waals surface area contributed by atoms with E-state index in [2.05, 4.69) is 20.4 Å². The fraction of sp³-hybridized carbons (Fsp3) is 0.231. The van der Waals surface area contributed by atoms with Gasteiger partial charge < -0.3 is 14.6 Å². The molecule has 0 aliphatic carbocycles. The molecular formula is C26H23ClF3N7O. The van der Waals surface area contributed by atoms with Crippen molar-refractivity contribution in [1.82, 2.24) is 29.3 Å². The van der Waals surface area contributed by atoms with Crippen LogP contribution in [0.5, 0.6) is 11.6 Å². The van der Waals surface area contributed by atoms with Gasteiger partial charge in [0, 0.05) is 26.6 Å². The minimum absolute atomic E-state index is 0.285. The molecule has 12 heteroatoms. The summed E-state index contributed by atoms with van der Waals surface area (Å²) >= 11 is 5.75. The summed E-state index contributed by atoms with van der Waals surface area (Å²) in [7, 11) is 1.30. The van der Waals surface area contributed by atoms with Gasteiger partial charge in [0.2, 0.25) is 11.8 Å². The number of hydrogen-bond donors (Lipinski definition) is 1. The standard InChI is InChI=1S/C26H23ClF3N7O/c1-3-37-21-11-17(10-18-12-22(26(28,29)30)36(2)35-18)6-9-20(21)34-25(37)33-13-16-4-7-19(8-5-16)38-24-15-31-23(27)14-32-24/h4-9,11-12,14-15H,3,10,13H2,1-2H3,(H,33,34). The third kappa shape index (κ3) is 5.57. The third-order valence-electron chi connectivity index (χ3n) is 5.93. The van der Waals surface area contributed by atoms with Crippen molar-refractivity contribution in [3.8, 4) is 11.6 Å².